The zero-order valence-electron chi connectivity index (χ0n) is 52.3. The molecule has 3 saturated heterocycles. The lowest BCUT2D eigenvalue weighted by atomic mass is 9.96. The summed E-state index contributed by atoms with van der Waals surface area (Å²) in [7, 11) is 0. The van der Waals surface area contributed by atoms with E-state index in [1.807, 2.05) is 6.08 Å². The maximum absolute atomic E-state index is 13.2. The molecule has 0 radical (unpaired) electrons. The number of carbonyl (C=O) groups excluding carboxylic acids is 1. The number of amides is 1. The number of unbranched alkanes of at least 4 members (excludes halogenated alkanes) is 31. The van der Waals surface area contributed by atoms with Gasteiger partial charge in [0.1, 0.15) is 73.2 Å². The third-order valence-corrected chi connectivity index (χ3v) is 16.9. The highest BCUT2D eigenvalue weighted by molar-refractivity contribution is 5.76. The maximum atomic E-state index is 13.2. The van der Waals surface area contributed by atoms with Crippen LogP contribution in [-0.2, 0) is 33.2 Å². The SMILES string of the molecule is CCCCCCCCCCCCCCCCCCCCCCCC/C=C/CC/C=C/CC/C=C/C(O)C(COC1OC(CO)C(OC2OC(CO)C(OC3OC(CO)C(O)C(O)C3O)C(O)C2O)C(O)C1O)NC(=O)CCCCCCCCCC. The molecule has 0 aliphatic carbocycles. The van der Waals surface area contributed by atoms with Gasteiger partial charge >= 0.3 is 0 Å². The van der Waals surface area contributed by atoms with Crippen molar-refractivity contribution in [2.45, 2.75) is 349 Å². The van der Waals surface area contributed by atoms with Crippen molar-refractivity contribution in [1.29, 1.82) is 0 Å². The maximum Gasteiger partial charge on any atom is 0.220 e. The minimum Gasteiger partial charge on any atom is -0.394 e. The predicted molar refractivity (Wildman–Crippen MR) is 328 cm³/mol. The Morgan fingerprint density at radius 1 is 0.412 bits per heavy atom. The van der Waals surface area contributed by atoms with Crippen LogP contribution in [0.1, 0.15) is 245 Å². The van der Waals surface area contributed by atoms with Crippen LogP contribution in [0.4, 0.5) is 0 Å². The minimum absolute atomic E-state index is 0.232. The van der Waals surface area contributed by atoms with Gasteiger partial charge in [-0.2, -0.15) is 0 Å². The van der Waals surface area contributed by atoms with E-state index >= 15 is 0 Å². The Morgan fingerprint density at radius 3 is 1.18 bits per heavy atom. The van der Waals surface area contributed by atoms with Crippen LogP contribution < -0.4 is 5.32 Å². The van der Waals surface area contributed by atoms with E-state index < -0.39 is 124 Å². The first-order chi connectivity index (χ1) is 41.3. The fourth-order valence-corrected chi connectivity index (χ4v) is 11.4. The molecule has 0 aromatic rings. The monoisotopic (exact) mass is 1220 g/mol. The van der Waals surface area contributed by atoms with Crippen LogP contribution in [-0.4, -0.2) is 193 Å². The molecule has 17 atom stereocenters. The topological polar surface area (TPSA) is 307 Å². The molecule has 85 heavy (non-hydrogen) atoms. The molecule has 1 amide bonds. The average molecular weight is 1220 g/mol. The summed E-state index contributed by atoms with van der Waals surface area (Å²) in [6.07, 6.45) is 29.1. The van der Waals surface area contributed by atoms with Crippen LogP contribution in [0.2, 0.25) is 0 Å². The van der Waals surface area contributed by atoms with E-state index in [4.69, 9.17) is 28.4 Å². The Bertz CT molecular complexity index is 1690. The number of nitrogens with one attached hydrogen (secondary N) is 1. The fraction of sp³-hybridized carbons (Fsp3) is 0.894. The molecule has 3 rings (SSSR count). The summed E-state index contributed by atoms with van der Waals surface area (Å²) in [6, 6.07) is -0.992. The van der Waals surface area contributed by atoms with Gasteiger partial charge in [0.15, 0.2) is 18.9 Å². The lowest BCUT2D eigenvalue weighted by Crippen LogP contribution is -2.66. The Balaban J connectivity index is 1.37. The molecule has 19 nitrogen and oxygen atoms in total. The van der Waals surface area contributed by atoms with Gasteiger partial charge in [-0.05, 0) is 44.9 Å². The summed E-state index contributed by atoms with van der Waals surface area (Å²) in [5.74, 6) is -0.294. The van der Waals surface area contributed by atoms with Gasteiger partial charge < -0.3 is 89.9 Å². The molecule has 0 spiro atoms. The summed E-state index contributed by atoms with van der Waals surface area (Å²) in [6.45, 7) is 1.66. The van der Waals surface area contributed by atoms with Gasteiger partial charge in [0.25, 0.3) is 0 Å². The highest BCUT2D eigenvalue weighted by Gasteiger charge is 2.53. The van der Waals surface area contributed by atoms with Gasteiger partial charge in [-0.1, -0.05) is 230 Å². The van der Waals surface area contributed by atoms with E-state index in [1.165, 1.54) is 161 Å². The largest absolute Gasteiger partial charge is 0.394 e. The molecule has 3 aliphatic heterocycles. The first kappa shape index (κ1) is 77.3. The molecule has 0 bridgehead atoms. The van der Waals surface area contributed by atoms with Crippen molar-refractivity contribution in [3.8, 4) is 0 Å². The Labute approximate surface area is 511 Å². The van der Waals surface area contributed by atoms with Gasteiger partial charge in [-0.15, -0.1) is 0 Å². The molecule has 3 heterocycles. The molecule has 0 saturated carbocycles. The van der Waals surface area contributed by atoms with E-state index in [1.54, 1.807) is 6.08 Å². The number of allylic oxidation sites excluding steroid dienone is 5. The second-order valence-corrected chi connectivity index (χ2v) is 24.3. The number of aliphatic hydroxyl groups is 11. The molecule has 17 unspecified atom stereocenters. The molecule has 19 heteroatoms. The summed E-state index contributed by atoms with van der Waals surface area (Å²) in [5.41, 5.74) is 0. The molecule has 498 valence electrons. The number of carbonyl (C=O) groups is 1. The molecule has 0 aromatic carbocycles. The Hall–Kier alpha value is -1.99. The molecular weight excluding hydrogens is 1090 g/mol. The summed E-state index contributed by atoms with van der Waals surface area (Å²) in [5, 5.41) is 120. The second-order valence-electron chi connectivity index (χ2n) is 24.3. The number of hydrogen-bond acceptors (Lipinski definition) is 18. The van der Waals surface area contributed by atoms with Gasteiger partial charge in [-0.3, -0.25) is 4.79 Å². The quantitative estimate of drug-likeness (QED) is 0.0202. The van der Waals surface area contributed by atoms with Crippen molar-refractivity contribution in [3.63, 3.8) is 0 Å². The number of rotatable bonds is 51. The zero-order chi connectivity index (χ0) is 61.9. The molecule has 3 aliphatic rings. The summed E-state index contributed by atoms with van der Waals surface area (Å²) in [4.78, 5) is 13.2. The van der Waals surface area contributed by atoms with Crippen LogP contribution >= 0.6 is 0 Å². The smallest absolute Gasteiger partial charge is 0.220 e. The third kappa shape index (κ3) is 31.5. The first-order valence-electron chi connectivity index (χ1n) is 33.7. The van der Waals surface area contributed by atoms with Crippen molar-refractivity contribution in [2.24, 2.45) is 0 Å². The van der Waals surface area contributed by atoms with E-state index in [-0.39, 0.29) is 18.9 Å². The average Bonchev–Trinajstić information content (AvgIpc) is 2.04. The molecule has 3 fully saturated rings. The van der Waals surface area contributed by atoms with Crippen molar-refractivity contribution in [3.05, 3.63) is 36.5 Å². The van der Waals surface area contributed by atoms with Gasteiger partial charge in [0, 0.05) is 6.42 Å². The van der Waals surface area contributed by atoms with Gasteiger partial charge in [0.2, 0.25) is 5.91 Å². The van der Waals surface area contributed by atoms with E-state index in [0.717, 1.165) is 51.4 Å². The number of hydrogen-bond donors (Lipinski definition) is 12. The molecule has 0 aromatic heterocycles. The zero-order valence-corrected chi connectivity index (χ0v) is 52.3. The molecular formula is C66H121NO18. The summed E-state index contributed by atoms with van der Waals surface area (Å²) >= 11 is 0. The normalized spacial score (nSPS) is 29.2. The molecule has 12 N–H and O–H groups in total. The van der Waals surface area contributed by atoms with Crippen molar-refractivity contribution in [1.82, 2.24) is 5.32 Å². The predicted octanol–water partition coefficient (Wildman–Crippen LogP) is 8.05. The van der Waals surface area contributed by atoms with Crippen molar-refractivity contribution in [2.75, 3.05) is 26.4 Å². The highest BCUT2D eigenvalue weighted by Crippen LogP contribution is 2.33. The van der Waals surface area contributed by atoms with Crippen LogP contribution in [0.15, 0.2) is 36.5 Å². The van der Waals surface area contributed by atoms with Gasteiger partial charge in [0.05, 0.1) is 38.6 Å². The fourth-order valence-electron chi connectivity index (χ4n) is 11.4. The standard InChI is InChI=1S/C66H121NO18/c1-3-5-7-9-11-13-14-15-16-17-18-19-20-21-22-23-24-25-26-27-28-29-30-31-32-33-34-35-36-37-39-41-43-50(71)49(67-54(72)44-42-40-38-12-10-8-6-4-2)48-80-64-60(78)57(75)62(52(46-69)82-64)85-66-61(79)58(76)63(53(47-70)83-66)84-65-59(77)56(74)55(73)51(45-68)81-65/h31-32,35-36,41,43,49-53,55-66,68-71,73-79H,3-30,33-34,37-40,42,44-48H2,1-2H3,(H,67,72)/b32-31+,36-35+,43-41+. The number of ether oxygens (including phenoxy) is 6. The van der Waals surface area contributed by atoms with Crippen LogP contribution in [0, 0.1) is 0 Å². The van der Waals surface area contributed by atoms with E-state index in [2.05, 4.69) is 43.5 Å². The summed E-state index contributed by atoms with van der Waals surface area (Å²) < 4.78 is 34.2. The van der Waals surface area contributed by atoms with Gasteiger partial charge in [-0.25, -0.2) is 0 Å². The van der Waals surface area contributed by atoms with Crippen LogP contribution in [0.5, 0.6) is 0 Å². The number of aliphatic hydroxyl groups excluding tert-OH is 11. The highest BCUT2D eigenvalue weighted by atomic mass is 16.8. The third-order valence-electron chi connectivity index (χ3n) is 16.9. The second kappa shape index (κ2) is 48.8. The van der Waals surface area contributed by atoms with Crippen molar-refractivity contribution >= 4 is 5.91 Å². The lowest BCUT2D eigenvalue weighted by Gasteiger charge is -2.48. The Morgan fingerprint density at radius 2 is 0.753 bits per heavy atom. The minimum atomic E-state index is -1.98. The lowest BCUT2D eigenvalue weighted by molar-refractivity contribution is -0.379. The first-order valence-corrected chi connectivity index (χ1v) is 33.7. The van der Waals surface area contributed by atoms with Crippen molar-refractivity contribution < 1.29 is 89.4 Å². The van der Waals surface area contributed by atoms with Crippen LogP contribution in [0.3, 0.4) is 0 Å². The Kier molecular flexibility index (Phi) is 44.4. The van der Waals surface area contributed by atoms with E-state index in [9.17, 15) is 61.0 Å². The van der Waals surface area contributed by atoms with E-state index in [0.29, 0.717) is 12.8 Å². The van der Waals surface area contributed by atoms with Crippen LogP contribution in [0.25, 0.3) is 0 Å².